The number of carbonyl (C=O) groups excluding carboxylic acids is 2. The molecule has 0 atom stereocenters. The van der Waals surface area contributed by atoms with Crippen LogP contribution in [0.3, 0.4) is 0 Å². The Hall–Kier alpha value is -3.43. The average molecular weight is 446 g/mol. The fraction of sp³-hybridized carbons (Fsp3) is 0.500. The van der Waals surface area contributed by atoms with E-state index in [2.05, 4.69) is 10.5 Å². The summed E-state index contributed by atoms with van der Waals surface area (Å²) in [4.78, 5) is 31.2. The molecule has 1 aromatic rings. The second-order valence-electron chi connectivity index (χ2n) is 7.74. The molecule has 2 amide bonds. The van der Waals surface area contributed by atoms with Gasteiger partial charge in [-0.15, -0.1) is 0 Å². The topological polar surface area (TPSA) is 142 Å². The molecule has 0 radical (unpaired) electrons. The van der Waals surface area contributed by atoms with Crippen LogP contribution in [0.25, 0.3) is 0 Å². The number of likely N-dealkylation sites (N-methyl/N-ethyl adjacent to an activating group) is 1. The summed E-state index contributed by atoms with van der Waals surface area (Å²) in [6.45, 7) is 2.76. The van der Waals surface area contributed by atoms with Crippen LogP contribution >= 0.6 is 0 Å². The Labute approximate surface area is 187 Å². The maximum absolute atomic E-state index is 12.6. The molecule has 1 saturated carbocycles. The minimum atomic E-state index is -0.479. The molecule has 3 rings (SSSR count). The quantitative estimate of drug-likeness (QED) is 0.210. The summed E-state index contributed by atoms with van der Waals surface area (Å²) in [5.74, 6) is 0.668. The van der Waals surface area contributed by atoms with Gasteiger partial charge in [0.2, 0.25) is 0 Å². The molecule has 1 aliphatic carbocycles. The number of amidine groups is 1. The van der Waals surface area contributed by atoms with E-state index < -0.39 is 5.54 Å². The normalized spacial score (nSPS) is 17.8. The van der Waals surface area contributed by atoms with Crippen LogP contribution in [-0.4, -0.2) is 61.5 Å². The van der Waals surface area contributed by atoms with Crippen molar-refractivity contribution in [1.29, 1.82) is 0 Å². The van der Waals surface area contributed by atoms with Gasteiger partial charge in [0, 0.05) is 7.05 Å². The molecule has 32 heavy (non-hydrogen) atoms. The lowest BCUT2D eigenvalue weighted by atomic mass is 9.93. The van der Waals surface area contributed by atoms with Crippen molar-refractivity contribution in [2.24, 2.45) is 16.6 Å². The average Bonchev–Trinajstić information content (AvgIpc) is 3.34. The van der Waals surface area contributed by atoms with E-state index in [1.165, 1.54) is 0 Å². The minimum Gasteiger partial charge on any atom is -0.494 e. The number of hydrogen-bond acceptors (Lipinski definition) is 7. The molecular formula is C22H31N5O5. The molecule has 1 fully saturated rings. The van der Waals surface area contributed by atoms with E-state index in [1.807, 2.05) is 19.1 Å². The third-order valence-electron chi connectivity index (χ3n) is 5.80. The molecule has 1 spiro atoms. The van der Waals surface area contributed by atoms with Crippen LogP contribution in [0.1, 0.15) is 32.6 Å². The van der Waals surface area contributed by atoms with E-state index in [1.54, 1.807) is 24.1 Å². The highest BCUT2D eigenvalue weighted by molar-refractivity contribution is 6.22. The maximum Gasteiger partial charge on any atom is 0.260 e. The van der Waals surface area contributed by atoms with Gasteiger partial charge in [0.05, 0.1) is 24.4 Å². The zero-order valence-corrected chi connectivity index (χ0v) is 18.6. The first-order valence-corrected chi connectivity index (χ1v) is 10.8. The Morgan fingerprint density at radius 2 is 1.81 bits per heavy atom. The third kappa shape index (κ3) is 4.90. The SMILES string of the molecule is CCOc1ccc(OCCNC(=O)CO/N=C(/N)C2=C(N)C3(CCCC3)N(C)C2=O)cc1. The molecule has 10 nitrogen and oxygen atoms in total. The van der Waals surface area contributed by atoms with Crippen molar-refractivity contribution in [2.45, 2.75) is 38.1 Å². The van der Waals surface area contributed by atoms with Crippen molar-refractivity contribution in [2.75, 3.05) is 33.4 Å². The first-order chi connectivity index (χ1) is 15.4. The molecule has 0 bridgehead atoms. The van der Waals surface area contributed by atoms with Crippen molar-refractivity contribution in [1.82, 2.24) is 10.2 Å². The summed E-state index contributed by atoms with van der Waals surface area (Å²) in [5.41, 5.74) is 12.4. The lowest BCUT2D eigenvalue weighted by Gasteiger charge is -2.33. The summed E-state index contributed by atoms with van der Waals surface area (Å²) in [6.07, 6.45) is 3.61. The molecule has 1 heterocycles. The Morgan fingerprint density at radius 3 is 2.44 bits per heavy atom. The molecule has 10 heteroatoms. The van der Waals surface area contributed by atoms with Gasteiger partial charge in [-0.3, -0.25) is 9.59 Å². The molecule has 1 aromatic carbocycles. The van der Waals surface area contributed by atoms with Crippen LogP contribution in [0.15, 0.2) is 40.7 Å². The predicted octanol–water partition coefficient (Wildman–Crippen LogP) is 0.867. The Morgan fingerprint density at radius 1 is 1.19 bits per heavy atom. The van der Waals surface area contributed by atoms with Gasteiger partial charge < -0.3 is 36.0 Å². The first kappa shape index (κ1) is 23.2. The van der Waals surface area contributed by atoms with E-state index in [9.17, 15) is 9.59 Å². The van der Waals surface area contributed by atoms with E-state index in [0.29, 0.717) is 24.6 Å². The van der Waals surface area contributed by atoms with Gasteiger partial charge in [0.1, 0.15) is 23.7 Å². The second kappa shape index (κ2) is 10.3. The minimum absolute atomic E-state index is 0.116. The van der Waals surface area contributed by atoms with E-state index >= 15 is 0 Å². The zero-order valence-electron chi connectivity index (χ0n) is 18.6. The van der Waals surface area contributed by atoms with Gasteiger partial charge in [-0.1, -0.05) is 18.0 Å². The fourth-order valence-electron chi connectivity index (χ4n) is 4.12. The van der Waals surface area contributed by atoms with Crippen LogP contribution in [0.2, 0.25) is 0 Å². The summed E-state index contributed by atoms with van der Waals surface area (Å²) in [6, 6.07) is 7.23. The van der Waals surface area contributed by atoms with Gasteiger partial charge >= 0.3 is 0 Å². The van der Waals surface area contributed by atoms with E-state index in [-0.39, 0.29) is 36.4 Å². The zero-order chi connectivity index (χ0) is 23.1. The summed E-state index contributed by atoms with van der Waals surface area (Å²) < 4.78 is 10.9. The highest BCUT2D eigenvalue weighted by Gasteiger charge is 2.51. The Bertz CT molecular complexity index is 890. The number of oxime groups is 1. The van der Waals surface area contributed by atoms with Crippen molar-refractivity contribution in [3.63, 3.8) is 0 Å². The molecule has 5 N–H and O–H groups in total. The number of nitrogens with two attached hydrogens (primary N) is 2. The Kier molecular flexibility index (Phi) is 7.45. The number of nitrogens with zero attached hydrogens (tertiary/aromatic N) is 2. The van der Waals surface area contributed by atoms with Gasteiger partial charge in [-0.25, -0.2) is 0 Å². The third-order valence-corrected chi connectivity index (χ3v) is 5.80. The van der Waals surface area contributed by atoms with Gasteiger partial charge in [0.25, 0.3) is 11.8 Å². The van der Waals surface area contributed by atoms with Gasteiger partial charge in [-0.05, 0) is 44.0 Å². The number of amides is 2. The summed E-state index contributed by atoms with van der Waals surface area (Å²) in [5, 5.41) is 6.40. The molecule has 0 unspecified atom stereocenters. The molecule has 174 valence electrons. The number of ether oxygens (including phenoxy) is 2. The van der Waals surface area contributed by atoms with Gasteiger partial charge in [0.15, 0.2) is 12.4 Å². The lowest BCUT2D eigenvalue weighted by molar-refractivity contribution is -0.127. The number of hydrogen-bond donors (Lipinski definition) is 3. The standard InChI is InChI=1S/C22H31N5O5/c1-3-30-15-6-8-16(9-7-15)31-13-12-25-17(28)14-32-26-20(24)18-19(23)22(10-4-5-11-22)27(2)21(18)29/h6-9H,3-5,10-14,23H2,1-2H3,(H2,24,26)(H,25,28). The van der Waals surface area contributed by atoms with Crippen molar-refractivity contribution in [3.8, 4) is 11.5 Å². The van der Waals surface area contributed by atoms with E-state index in [4.69, 9.17) is 25.8 Å². The smallest absolute Gasteiger partial charge is 0.260 e. The summed E-state index contributed by atoms with van der Waals surface area (Å²) in [7, 11) is 1.73. The maximum atomic E-state index is 12.6. The van der Waals surface area contributed by atoms with Crippen molar-refractivity contribution >= 4 is 17.6 Å². The molecule has 2 aliphatic rings. The highest BCUT2D eigenvalue weighted by Crippen LogP contribution is 2.44. The van der Waals surface area contributed by atoms with Crippen LogP contribution in [-0.2, 0) is 14.4 Å². The number of nitrogens with one attached hydrogen (secondary N) is 1. The molecular weight excluding hydrogens is 414 g/mol. The summed E-state index contributed by atoms with van der Waals surface area (Å²) >= 11 is 0. The predicted molar refractivity (Wildman–Crippen MR) is 119 cm³/mol. The van der Waals surface area contributed by atoms with Crippen LogP contribution in [0.5, 0.6) is 11.5 Å². The lowest BCUT2D eigenvalue weighted by Crippen LogP contribution is -2.45. The van der Waals surface area contributed by atoms with Crippen LogP contribution in [0, 0.1) is 0 Å². The van der Waals surface area contributed by atoms with Crippen molar-refractivity contribution < 1.29 is 23.9 Å². The second-order valence-corrected chi connectivity index (χ2v) is 7.74. The molecule has 0 saturated heterocycles. The highest BCUT2D eigenvalue weighted by atomic mass is 16.6. The van der Waals surface area contributed by atoms with Crippen LogP contribution in [0.4, 0.5) is 0 Å². The molecule has 1 aliphatic heterocycles. The van der Waals surface area contributed by atoms with Crippen molar-refractivity contribution in [3.05, 3.63) is 35.5 Å². The van der Waals surface area contributed by atoms with Crippen LogP contribution < -0.4 is 26.3 Å². The number of rotatable bonds is 10. The van der Waals surface area contributed by atoms with E-state index in [0.717, 1.165) is 31.4 Å². The fourth-order valence-corrected chi connectivity index (χ4v) is 4.12. The number of benzene rings is 1. The largest absolute Gasteiger partial charge is 0.494 e. The monoisotopic (exact) mass is 445 g/mol. The van der Waals surface area contributed by atoms with Gasteiger partial charge in [-0.2, -0.15) is 0 Å². The molecule has 0 aromatic heterocycles. The number of carbonyl (C=O) groups is 2. The Balaban J connectivity index is 1.42. The first-order valence-electron chi connectivity index (χ1n) is 10.8.